The first-order valence-corrected chi connectivity index (χ1v) is 3.77. The molecule has 0 saturated heterocycles. The molecule has 0 spiro atoms. The zero-order valence-corrected chi connectivity index (χ0v) is 7.34. The largest absolute Gasteiger partial charge is 0.397 e. The summed E-state index contributed by atoms with van der Waals surface area (Å²) in [5.74, 6) is 0. The number of hydrogen-bond donors (Lipinski definition) is 2. The summed E-state index contributed by atoms with van der Waals surface area (Å²) in [6.07, 6.45) is 0.979. The van der Waals surface area contributed by atoms with Crippen molar-refractivity contribution < 1.29 is 9.59 Å². The van der Waals surface area contributed by atoms with Gasteiger partial charge in [-0.25, -0.2) is 0 Å². The summed E-state index contributed by atoms with van der Waals surface area (Å²) in [4.78, 5) is 21.0. The molecular formula is C8H7ClN2O2. The van der Waals surface area contributed by atoms with E-state index in [2.05, 4.69) is 0 Å². The van der Waals surface area contributed by atoms with Crippen LogP contribution in [0.3, 0.4) is 0 Å². The maximum atomic E-state index is 10.5. The predicted molar refractivity (Wildman–Crippen MR) is 51.1 cm³/mol. The van der Waals surface area contributed by atoms with Crippen molar-refractivity contribution in [2.45, 2.75) is 0 Å². The van der Waals surface area contributed by atoms with Crippen molar-refractivity contribution in [2.75, 3.05) is 11.5 Å². The molecule has 13 heavy (non-hydrogen) atoms. The van der Waals surface area contributed by atoms with Crippen molar-refractivity contribution >= 4 is 35.5 Å². The highest BCUT2D eigenvalue weighted by Crippen LogP contribution is 2.30. The van der Waals surface area contributed by atoms with E-state index in [9.17, 15) is 9.59 Å². The third-order valence-corrected chi connectivity index (χ3v) is 2.06. The molecule has 0 atom stereocenters. The summed E-state index contributed by atoms with van der Waals surface area (Å²) in [6.45, 7) is 0. The Labute approximate surface area is 79.5 Å². The Bertz CT molecular complexity index is 377. The van der Waals surface area contributed by atoms with Crippen LogP contribution >= 0.6 is 11.6 Å². The average Bonchev–Trinajstić information content (AvgIpc) is 2.13. The van der Waals surface area contributed by atoms with Crippen LogP contribution in [0.5, 0.6) is 0 Å². The summed E-state index contributed by atoms with van der Waals surface area (Å²) in [5, 5.41) is 0.0251. The van der Waals surface area contributed by atoms with Gasteiger partial charge < -0.3 is 11.5 Å². The summed E-state index contributed by atoms with van der Waals surface area (Å²) in [6, 6.07) is 1.32. The Morgan fingerprint density at radius 3 is 2.31 bits per heavy atom. The second kappa shape index (κ2) is 3.45. The smallest absolute Gasteiger partial charge is 0.152 e. The molecule has 0 aliphatic heterocycles. The highest BCUT2D eigenvalue weighted by molar-refractivity contribution is 6.36. The highest BCUT2D eigenvalue weighted by atomic mass is 35.5. The Balaban J connectivity index is 3.56. The molecule has 0 heterocycles. The van der Waals surface area contributed by atoms with Crippen molar-refractivity contribution in [3.63, 3.8) is 0 Å². The van der Waals surface area contributed by atoms with Gasteiger partial charge in [-0.05, 0) is 6.07 Å². The molecule has 0 amide bonds. The number of nitrogens with two attached hydrogens (primary N) is 2. The minimum Gasteiger partial charge on any atom is -0.397 e. The molecule has 4 N–H and O–H groups in total. The fourth-order valence-corrected chi connectivity index (χ4v) is 1.20. The first-order chi connectivity index (χ1) is 6.11. The van der Waals surface area contributed by atoms with Crippen molar-refractivity contribution in [3.8, 4) is 0 Å². The zero-order chi connectivity index (χ0) is 10.0. The van der Waals surface area contributed by atoms with Crippen molar-refractivity contribution in [3.05, 3.63) is 22.2 Å². The van der Waals surface area contributed by atoms with Crippen LogP contribution in [0, 0.1) is 0 Å². The number of nitrogen functional groups attached to an aromatic ring is 2. The molecule has 0 fully saturated rings. The van der Waals surface area contributed by atoms with Gasteiger partial charge in [0.15, 0.2) is 12.6 Å². The number of aldehydes is 2. The van der Waals surface area contributed by atoms with Crippen LogP contribution in [0.1, 0.15) is 20.7 Å². The number of carbonyl (C=O) groups is 2. The van der Waals surface area contributed by atoms with Crippen LogP contribution in [-0.2, 0) is 0 Å². The number of carbonyl (C=O) groups excluding carboxylic acids is 2. The van der Waals surface area contributed by atoms with Gasteiger partial charge >= 0.3 is 0 Å². The van der Waals surface area contributed by atoms with Gasteiger partial charge in [-0.1, -0.05) is 11.6 Å². The standard InChI is InChI=1S/C8H7ClN2O2/c9-7-5(3-13)4(2-12)1-6(10)8(7)11/h1-3H,10-11H2. The van der Waals surface area contributed by atoms with Gasteiger partial charge in [-0.2, -0.15) is 0 Å². The van der Waals surface area contributed by atoms with Crippen molar-refractivity contribution in [2.24, 2.45) is 0 Å². The number of hydrogen-bond acceptors (Lipinski definition) is 4. The highest BCUT2D eigenvalue weighted by Gasteiger charge is 2.11. The molecule has 0 unspecified atom stereocenters. The molecule has 0 bridgehead atoms. The molecule has 1 aromatic carbocycles. The summed E-state index contributed by atoms with van der Waals surface area (Å²) in [5.41, 5.74) is 11.4. The van der Waals surface area contributed by atoms with Crippen LogP contribution in [0.4, 0.5) is 11.4 Å². The minimum absolute atomic E-state index is 0.0251. The lowest BCUT2D eigenvalue weighted by atomic mass is 10.1. The molecular weight excluding hydrogens is 192 g/mol. The monoisotopic (exact) mass is 198 g/mol. The van der Waals surface area contributed by atoms with Gasteiger partial charge in [-0.15, -0.1) is 0 Å². The van der Waals surface area contributed by atoms with Crippen LogP contribution in [0.25, 0.3) is 0 Å². The molecule has 1 aromatic rings. The Hall–Kier alpha value is -1.55. The Kier molecular flexibility index (Phi) is 2.53. The van der Waals surface area contributed by atoms with E-state index in [4.69, 9.17) is 23.1 Å². The molecule has 5 heteroatoms. The fourth-order valence-electron chi connectivity index (χ4n) is 0.939. The maximum Gasteiger partial charge on any atom is 0.152 e. The van der Waals surface area contributed by atoms with E-state index in [1.807, 2.05) is 0 Å². The first-order valence-electron chi connectivity index (χ1n) is 3.39. The lowest BCUT2D eigenvalue weighted by Gasteiger charge is -2.06. The molecule has 0 aliphatic carbocycles. The van der Waals surface area contributed by atoms with E-state index in [0.29, 0.717) is 12.6 Å². The number of benzene rings is 1. The van der Waals surface area contributed by atoms with Crippen LogP contribution in [0.15, 0.2) is 6.07 Å². The summed E-state index contributed by atoms with van der Waals surface area (Å²) in [7, 11) is 0. The second-order valence-electron chi connectivity index (χ2n) is 2.43. The number of halogens is 1. The van der Waals surface area contributed by atoms with E-state index in [1.54, 1.807) is 0 Å². The van der Waals surface area contributed by atoms with Crippen LogP contribution in [-0.4, -0.2) is 12.6 Å². The molecule has 0 aromatic heterocycles. The fraction of sp³-hybridized carbons (Fsp3) is 0. The topological polar surface area (TPSA) is 86.2 Å². The van der Waals surface area contributed by atoms with E-state index in [1.165, 1.54) is 6.07 Å². The molecule has 0 radical (unpaired) electrons. The van der Waals surface area contributed by atoms with Crippen molar-refractivity contribution in [1.82, 2.24) is 0 Å². The lowest BCUT2D eigenvalue weighted by molar-refractivity contribution is 0.109. The number of rotatable bonds is 2. The third-order valence-electron chi connectivity index (χ3n) is 1.65. The Morgan fingerprint density at radius 1 is 1.23 bits per heavy atom. The zero-order valence-electron chi connectivity index (χ0n) is 6.58. The molecule has 68 valence electrons. The Morgan fingerprint density at radius 2 is 1.85 bits per heavy atom. The molecule has 0 saturated carbocycles. The molecule has 1 rings (SSSR count). The SMILES string of the molecule is Nc1cc(C=O)c(C=O)c(Cl)c1N. The van der Waals surface area contributed by atoms with Crippen LogP contribution < -0.4 is 11.5 Å². The second-order valence-corrected chi connectivity index (χ2v) is 2.81. The molecule has 0 aliphatic rings. The summed E-state index contributed by atoms with van der Waals surface area (Å²) >= 11 is 5.69. The van der Waals surface area contributed by atoms with Gasteiger partial charge in [0, 0.05) is 11.1 Å². The normalized spacial score (nSPS) is 9.62. The van der Waals surface area contributed by atoms with Gasteiger partial charge in [0.2, 0.25) is 0 Å². The lowest BCUT2D eigenvalue weighted by Crippen LogP contribution is -2.02. The van der Waals surface area contributed by atoms with Gasteiger partial charge in [0.05, 0.1) is 16.4 Å². The van der Waals surface area contributed by atoms with Crippen molar-refractivity contribution in [1.29, 1.82) is 0 Å². The maximum absolute atomic E-state index is 10.5. The van der Waals surface area contributed by atoms with E-state index in [0.717, 1.165) is 0 Å². The minimum atomic E-state index is 0.0251. The summed E-state index contributed by atoms with van der Waals surface area (Å²) < 4.78 is 0. The van der Waals surface area contributed by atoms with Gasteiger partial charge in [0.25, 0.3) is 0 Å². The third kappa shape index (κ3) is 1.48. The van der Waals surface area contributed by atoms with E-state index in [-0.39, 0.29) is 27.5 Å². The van der Waals surface area contributed by atoms with E-state index >= 15 is 0 Å². The van der Waals surface area contributed by atoms with Gasteiger partial charge in [0.1, 0.15) is 0 Å². The quantitative estimate of drug-likeness (QED) is 0.551. The predicted octanol–water partition coefficient (Wildman–Crippen LogP) is 1.13. The first kappa shape index (κ1) is 9.54. The van der Waals surface area contributed by atoms with E-state index < -0.39 is 0 Å². The van der Waals surface area contributed by atoms with Crippen LogP contribution in [0.2, 0.25) is 5.02 Å². The molecule has 4 nitrogen and oxygen atoms in total. The van der Waals surface area contributed by atoms with Gasteiger partial charge in [-0.3, -0.25) is 9.59 Å². The average molecular weight is 199 g/mol. The number of anilines is 2.